The van der Waals surface area contributed by atoms with Gasteiger partial charge in [-0.3, -0.25) is 0 Å². The summed E-state index contributed by atoms with van der Waals surface area (Å²) in [4.78, 5) is 11.9. The normalized spacial score (nSPS) is 10.3. The lowest BCUT2D eigenvalue weighted by molar-refractivity contribution is 0.377. The van der Waals surface area contributed by atoms with Gasteiger partial charge >= 0.3 is 0 Å². The molecule has 0 bridgehead atoms. The van der Waals surface area contributed by atoms with Gasteiger partial charge in [0.05, 0.1) is 11.9 Å². The highest BCUT2D eigenvalue weighted by Crippen LogP contribution is 2.11. The van der Waals surface area contributed by atoms with Gasteiger partial charge in [-0.05, 0) is 6.92 Å². The summed E-state index contributed by atoms with van der Waals surface area (Å²) in [6.45, 7) is 2.41. The number of aryl methyl sites for hydroxylation is 1. The lowest BCUT2D eigenvalue weighted by atomic mass is 10.4. The fraction of sp³-hybridized carbons (Fsp3) is 0.333. The number of aromatic nitrogens is 4. The molecule has 0 aliphatic rings. The molecular formula is C9H12N6O. The number of nitrogen functional groups attached to an aromatic ring is 1. The van der Waals surface area contributed by atoms with Crippen molar-refractivity contribution in [3.05, 3.63) is 24.2 Å². The molecular weight excluding hydrogens is 208 g/mol. The first-order chi connectivity index (χ1) is 7.75. The van der Waals surface area contributed by atoms with Crippen LogP contribution in [0.15, 0.2) is 17.0 Å². The van der Waals surface area contributed by atoms with Crippen molar-refractivity contribution in [1.29, 1.82) is 0 Å². The van der Waals surface area contributed by atoms with Gasteiger partial charge in [-0.25, -0.2) is 9.97 Å². The van der Waals surface area contributed by atoms with E-state index in [-0.39, 0.29) is 0 Å². The van der Waals surface area contributed by atoms with Crippen LogP contribution in [-0.2, 0) is 6.42 Å². The van der Waals surface area contributed by atoms with Gasteiger partial charge in [-0.15, -0.1) is 0 Å². The van der Waals surface area contributed by atoms with Gasteiger partial charge < -0.3 is 15.6 Å². The molecule has 3 N–H and O–H groups in total. The molecule has 0 amide bonds. The van der Waals surface area contributed by atoms with Crippen LogP contribution >= 0.6 is 0 Å². The maximum Gasteiger partial charge on any atom is 0.228 e. The van der Waals surface area contributed by atoms with E-state index in [4.69, 9.17) is 10.3 Å². The largest absolute Gasteiger partial charge is 0.394 e. The molecule has 0 spiro atoms. The van der Waals surface area contributed by atoms with E-state index in [0.29, 0.717) is 36.2 Å². The van der Waals surface area contributed by atoms with E-state index < -0.39 is 0 Å². The summed E-state index contributed by atoms with van der Waals surface area (Å²) in [6.07, 6.45) is 3.62. The molecule has 2 rings (SSSR count). The highest BCUT2D eigenvalue weighted by Gasteiger charge is 2.03. The van der Waals surface area contributed by atoms with Crippen LogP contribution in [0.4, 0.5) is 11.5 Å². The van der Waals surface area contributed by atoms with Gasteiger partial charge in [0.15, 0.2) is 11.6 Å². The van der Waals surface area contributed by atoms with E-state index in [1.54, 1.807) is 13.1 Å². The van der Waals surface area contributed by atoms with Crippen LogP contribution in [0.3, 0.4) is 0 Å². The molecule has 84 valence electrons. The van der Waals surface area contributed by atoms with Gasteiger partial charge in [0, 0.05) is 13.0 Å². The molecule has 2 aromatic heterocycles. The first-order valence-electron chi connectivity index (χ1n) is 4.84. The minimum Gasteiger partial charge on any atom is -0.394 e. The summed E-state index contributed by atoms with van der Waals surface area (Å²) in [7, 11) is 0. The molecule has 16 heavy (non-hydrogen) atoms. The summed E-state index contributed by atoms with van der Waals surface area (Å²) in [5, 5.41) is 6.76. The zero-order valence-electron chi connectivity index (χ0n) is 8.84. The average molecular weight is 220 g/mol. The van der Waals surface area contributed by atoms with Gasteiger partial charge in [0.2, 0.25) is 5.89 Å². The Hall–Kier alpha value is -2.18. The van der Waals surface area contributed by atoms with Crippen LogP contribution in [0.2, 0.25) is 0 Å². The highest BCUT2D eigenvalue weighted by atomic mass is 16.5. The Bertz CT molecular complexity index is 469. The van der Waals surface area contributed by atoms with Crippen LogP contribution in [0.1, 0.15) is 11.7 Å². The number of nitrogens with one attached hydrogen (secondary N) is 1. The third kappa shape index (κ3) is 2.44. The van der Waals surface area contributed by atoms with Crippen LogP contribution in [-0.4, -0.2) is 26.7 Å². The number of hydrogen-bond donors (Lipinski definition) is 2. The van der Waals surface area contributed by atoms with Crippen molar-refractivity contribution in [3.63, 3.8) is 0 Å². The van der Waals surface area contributed by atoms with Crippen LogP contribution in [0, 0.1) is 6.92 Å². The molecule has 0 unspecified atom stereocenters. The first kappa shape index (κ1) is 10.3. The minimum absolute atomic E-state index is 0.518. The first-order valence-corrected chi connectivity index (χ1v) is 4.84. The van der Waals surface area contributed by atoms with Crippen molar-refractivity contribution in [2.24, 2.45) is 0 Å². The SMILES string of the molecule is Cc1noc(CCNc2ncncc2N)n1. The highest BCUT2D eigenvalue weighted by molar-refractivity contribution is 5.58. The number of nitrogens with zero attached hydrogens (tertiary/aromatic N) is 4. The molecule has 0 aliphatic carbocycles. The lowest BCUT2D eigenvalue weighted by Gasteiger charge is -2.04. The van der Waals surface area contributed by atoms with Gasteiger partial charge in [0.1, 0.15) is 6.33 Å². The molecule has 0 fully saturated rings. The second-order valence-corrected chi connectivity index (χ2v) is 3.24. The van der Waals surface area contributed by atoms with E-state index in [9.17, 15) is 0 Å². The Morgan fingerprint density at radius 2 is 2.38 bits per heavy atom. The number of nitrogens with two attached hydrogens (primary N) is 1. The monoisotopic (exact) mass is 220 g/mol. The predicted molar refractivity (Wildman–Crippen MR) is 57.7 cm³/mol. The third-order valence-corrected chi connectivity index (χ3v) is 1.94. The number of hydrogen-bond acceptors (Lipinski definition) is 7. The molecule has 0 aromatic carbocycles. The maximum atomic E-state index is 5.67. The second-order valence-electron chi connectivity index (χ2n) is 3.24. The van der Waals surface area contributed by atoms with E-state index in [2.05, 4.69) is 25.4 Å². The number of rotatable bonds is 4. The quantitative estimate of drug-likeness (QED) is 0.768. The zero-order chi connectivity index (χ0) is 11.4. The third-order valence-electron chi connectivity index (χ3n) is 1.94. The molecule has 2 aromatic rings. The van der Waals surface area contributed by atoms with Gasteiger partial charge in [0.25, 0.3) is 0 Å². The summed E-state index contributed by atoms with van der Waals surface area (Å²) < 4.78 is 4.97. The summed E-state index contributed by atoms with van der Waals surface area (Å²) >= 11 is 0. The van der Waals surface area contributed by atoms with Gasteiger partial charge in [-0.1, -0.05) is 5.16 Å². The van der Waals surface area contributed by atoms with E-state index in [1.165, 1.54) is 6.33 Å². The van der Waals surface area contributed by atoms with Crippen molar-refractivity contribution in [2.75, 3.05) is 17.6 Å². The van der Waals surface area contributed by atoms with Crippen LogP contribution < -0.4 is 11.1 Å². The van der Waals surface area contributed by atoms with Gasteiger partial charge in [-0.2, -0.15) is 4.98 Å². The fourth-order valence-electron chi connectivity index (χ4n) is 1.22. The van der Waals surface area contributed by atoms with E-state index in [1.807, 2.05) is 0 Å². The van der Waals surface area contributed by atoms with Crippen molar-refractivity contribution in [3.8, 4) is 0 Å². The molecule has 0 saturated heterocycles. The van der Waals surface area contributed by atoms with Crippen molar-refractivity contribution in [1.82, 2.24) is 20.1 Å². The smallest absolute Gasteiger partial charge is 0.228 e. The van der Waals surface area contributed by atoms with Crippen LogP contribution in [0.25, 0.3) is 0 Å². The Morgan fingerprint density at radius 3 is 3.06 bits per heavy atom. The molecule has 0 aliphatic heterocycles. The molecule has 7 heteroatoms. The molecule has 0 radical (unpaired) electrons. The summed E-state index contributed by atoms with van der Waals surface area (Å²) in [6, 6.07) is 0. The second kappa shape index (κ2) is 4.56. The Balaban J connectivity index is 1.87. The van der Waals surface area contributed by atoms with Crippen molar-refractivity contribution in [2.45, 2.75) is 13.3 Å². The Labute approximate surface area is 92.1 Å². The lowest BCUT2D eigenvalue weighted by Crippen LogP contribution is -2.08. The summed E-state index contributed by atoms with van der Waals surface area (Å²) in [5.74, 6) is 1.85. The van der Waals surface area contributed by atoms with Crippen molar-refractivity contribution < 1.29 is 4.52 Å². The number of anilines is 2. The zero-order valence-corrected chi connectivity index (χ0v) is 8.84. The van der Waals surface area contributed by atoms with Crippen LogP contribution in [0.5, 0.6) is 0 Å². The Kier molecular flexibility index (Phi) is 2.95. The van der Waals surface area contributed by atoms with E-state index in [0.717, 1.165) is 0 Å². The molecule has 0 atom stereocenters. The van der Waals surface area contributed by atoms with E-state index >= 15 is 0 Å². The predicted octanol–water partition coefficient (Wildman–Crippen LogP) is 0.405. The molecule has 0 saturated carbocycles. The maximum absolute atomic E-state index is 5.67. The molecule has 7 nitrogen and oxygen atoms in total. The topological polar surface area (TPSA) is 103 Å². The summed E-state index contributed by atoms with van der Waals surface area (Å²) in [5.41, 5.74) is 6.18. The molecule has 2 heterocycles. The van der Waals surface area contributed by atoms with Crippen molar-refractivity contribution >= 4 is 11.5 Å². The Morgan fingerprint density at radius 1 is 1.50 bits per heavy atom. The standard InChI is InChI=1S/C9H12N6O/c1-6-14-8(16-15-6)2-3-12-9-7(10)4-11-5-13-9/h4-5H,2-3,10H2,1H3,(H,11,12,13). The minimum atomic E-state index is 0.518. The average Bonchev–Trinajstić information content (AvgIpc) is 2.67. The fourth-order valence-corrected chi connectivity index (χ4v) is 1.22.